The van der Waals surface area contributed by atoms with Crippen molar-refractivity contribution in [3.63, 3.8) is 0 Å². The minimum atomic E-state index is -3.54. The van der Waals surface area contributed by atoms with Crippen LogP contribution in [-0.4, -0.2) is 77.8 Å². The molecule has 1 aliphatic heterocycles. The van der Waals surface area contributed by atoms with E-state index in [1.807, 2.05) is 23.7 Å². The van der Waals surface area contributed by atoms with Crippen LogP contribution >= 0.6 is 0 Å². The molecule has 1 saturated heterocycles. The van der Waals surface area contributed by atoms with Crippen molar-refractivity contribution in [2.24, 2.45) is 18.7 Å². The highest BCUT2D eigenvalue weighted by atomic mass is 32.2. The molecule has 2 aliphatic rings. The highest BCUT2D eigenvalue weighted by Crippen LogP contribution is 2.38. The summed E-state index contributed by atoms with van der Waals surface area (Å²) < 4.78 is 51.0. The fourth-order valence-electron chi connectivity index (χ4n) is 6.38. The lowest BCUT2D eigenvalue weighted by Crippen LogP contribution is -2.50. The van der Waals surface area contributed by atoms with E-state index in [9.17, 15) is 17.6 Å². The summed E-state index contributed by atoms with van der Waals surface area (Å²) in [4.78, 5) is 25.2. The van der Waals surface area contributed by atoms with Crippen LogP contribution in [0.1, 0.15) is 29.6 Å². The largest absolute Gasteiger partial charge is 0.494 e. The van der Waals surface area contributed by atoms with Crippen LogP contribution in [0, 0.1) is 5.92 Å². The van der Waals surface area contributed by atoms with Gasteiger partial charge in [-0.3, -0.25) is 4.79 Å². The molecule has 3 N–H and O–H groups in total. The molecule has 4 heterocycles. The standard InChI is InChI=1S/C33H36FN7O4S/c1-36-46(43,44)25-9-6-20(7-10-25)26-11-8-21-13-28(41(31(21)37-26)16-19-4-5-19)32-38-27-12-22(14-29(45-3)30(27)39(32)2)33(42)40-17-23(34)15-24(35)18-40/h6-14,19,23-24,36H,4-5,15-18,35H2,1-3H3/t23-,24-/m1/s1. The fourth-order valence-corrected chi connectivity index (χ4v) is 7.11. The third-order valence-corrected chi connectivity index (χ3v) is 10.4. The van der Waals surface area contributed by atoms with Crippen molar-refractivity contribution in [3.8, 4) is 28.5 Å². The van der Waals surface area contributed by atoms with Gasteiger partial charge in [0.2, 0.25) is 10.0 Å². The minimum absolute atomic E-state index is 0.00973. The fraction of sp³-hybridized carbons (Fsp3) is 0.364. The molecule has 11 nitrogen and oxygen atoms in total. The molecule has 1 amide bonds. The van der Waals surface area contributed by atoms with E-state index in [0.717, 1.165) is 52.9 Å². The summed E-state index contributed by atoms with van der Waals surface area (Å²) in [6.07, 6.45) is 1.37. The Morgan fingerprint density at radius 3 is 2.52 bits per heavy atom. The Kier molecular flexibility index (Phi) is 7.57. The van der Waals surface area contributed by atoms with E-state index >= 15 is 0 Å². The van der Waals surface area contributed by atoms with Gasteiger partial charge in [0.25, 0.3) is 5.91 Å². The van der Waals surface area contributed by atoms with Gasteiger partial charge in [-0.05, 0) is 74.7 Å². The van der Waals surface area contributed by atoms with Gasteiger partial charge in [0.15, 0.2) is 5.82 Å². The number of hydrogen-bond donors (Lipinski definition) is 2. The van der Waals surface area contributed by atoms with Gasteiger partial charge in [-0.15, -0.1) is 0 Å². The lowest BCUT2D eigenvalue weighted by molar-refractivity contribution is 0.0606. The molecule has 2 atom stereocenters. The summed E-state index contributed by atoms with van der Waals surface area (Å²) in [5.41, 5.74) is 10.9. The number of pyridine rings is 1. The number of imidazole rings is 1. The number of piperidine rings is 1. The lowest BCUT2D eigenvalue weighted by Gasteiger charge is -2.33. The van der Waals surface area contributed by atoms with Crippen molar-refractivity contribution < 1.29 is 22.3 Å². The number of alkyl halides is 1. The Balaban J connectivity index is 1.31. The number of rotatable bonds is 8. The average Bonchev–Trinajstić information content (AvgIpc) is 3.72. The average molecular weight is 646 g/mol. The van der Waals surface area contributed by atoms with Crippen molar-refractivity contribution in [3.05, 3.63) is 60.2 Å². The Labute approximate surface area is 266 Å². The number of nitrogens with two attached hydrogens (primary N) is 1. The summed E-state index contributed by atoms with van der Waals surface area (Å²) in [6, 6.07) is 15.7. The normalized spacial score (nSPS) is 18.8. The number of halogens is 1. The molecule has 2 fully saturated rings. The lowest BCUT2D eigenvalue weighted by atomic mass is 10.0. The SMILES string of the molecule is CNS(=O)(=O)c1ccc(-c2ccc3cc(-c4nc5cc(C(=O)N6C[C@H](N)C[C@@H](F)C6)cc(OC)c5n4C)n(CC4CC4)c3n2)cc1. The quantitative estimate of drug-likeness (QED) is 0.259. The minimum Gasteiger partial charge on any atom is -0.494 e. The van der Waals surface area contributed by atoms with E-state index in [0.29, 0.717) is 35.1 Å². The van der Waals surface area contributed by atoms with Crippen molar-refractivity contribution in [2.75, 3.05) is 27.2 Å². The van der Waals surface area contributed by atoms with Gasteiger partial charge in [-0.25, -0.2) is 27.5 Å². The van der Waals surface area contributed by atoms with Crippen molar-refractivity contribution in [1.82, 2.24) is 28.7 Å². The van der Waals surface area contributed by atoms with Crippen LogP contribution in [0.15, 0.2) is 59.5 Å². The summed E-state index contributed by atoms with van der Waals surface area (Å²) in [7, 11) is 1.32. The first-order chi connectivity index (χ1) is 22.1. The molecule has 1 aliphatic carbocycles. The maximum Gasteiger partial charge on any atom is 0.254 e. The number of benzene rings is 2. The van der Waals surface area contributed by atoms with Crippen LogP contribution in [-0.2, 0) is 23.6 Å². The Hall–Kier alpha value is -4.33. The van der Waals surface area contributed by atoms with Crippen LogP contribution in [0.2, 0.25) is 0 Å². The molecule has 7 rings (SSSR count). The number of carbonyl (C=O) groups is 1. The van der Waals surface area contributed by atoms with E-state index < -0.39 is 22.2 Å². The number of methoxy groups -OCH3 is 1. The van der Waals surface area contributed by atoms with Crippen LogP contribution in [0.3, 0.4) is 0 Å². The highest BCUT2D eigenvalue weighted by Gasteiger charge is 2.30. The molecule has 3 aromatic heterocycles. The van der Waals surface area contributed by atoms with E-state index in [1.165, 1.54) is 11.9 Å². The van der Waals surface area contributed by atoms with Crippen LogP contribution < -0.4 is 15.2 Å². The van der Waals surface area contributed by atoms with Crippen LogP contribution in [0.4, 0.5) is 4.39 Å². The molecule has 0 radical (unpaired) electrons. The van der Waals surface area contributed by atoms with Crippen molar-refractivity contribution >= 4 is 38.0 Å². The number of sulfonamides is 1. The molecule has 5 aromatic rings. The van der Waals surface area contributed by atoms with Gasteiger partial charge in [0, 0.05) is 42.7 Å². The molecule has 0 bridgehead atoms. The summed E-state index contributed by atoms with van der Waals surface area (Å²) >= 11 is 0. The number of aromatic nitrogens is 4. The zero-order valence-corrected chi connectivity index (χ0v) is 26.7. The second kappa shape index (κ2) is 11.5. The number of amides is 1. The summed E-state index contributed by atoms with van der Waals surface area (Å²) in [5, 5.41) is 0.950. The number of hydrogen-bond acceptors (Lipinski definition) is 7. The molecule has 1 saturated carbocycles. The summed E-state index contributed by atoms with van der Waals surface area (Å²) in [5.74, 6) is 1.42. The first kappa shape index (κ1) is 30.3. The van der Waals surface area contributed by atoms with Gasteiger partial charge < -0.3 is 24.5 Å². The maximum absolute atomic E-state index is 14.3. The summed E-state index contributed by atoms with van der Waals surface area (Å²) in [6.45, 7) is 1.08. The number of fused-ring (bicyclic) bond motifs is 2. The van der Waals surface area contributed by atoms with Crippen molar-refractivity contribution in [1.29, 1.82) is 0 Å². The maximum atomic E-state index is 14.3. The van der Waals surface area contributed by atoms with Gasteiger partial charge in [0.1, 0.15) is 23.1 Å². The Morgan fingerprint density at radius 1 is 1.09 bits per heavy atom. The first-order valence-corrected chi connectivity index (χ1v) is 16.8. The van der Waals surface area contributed by atoms with E-state index in [-0.39, 0.29) is 23.8 Å². The van der Waals surface area contributed by atoms with E-state index in [4.69, 9.17) is 20.4 Å². The first-order valence-electron chi connectivity index (χ1n) is 15.3. The zero-order valence-electron chi connectivity index (χ0n) is 25.9. The molecular weight excluding hydrogens is 609 g/mol. The Bertz CT molecular complexity index is 2080. The smallest absolute Gasteiger partial charge is 0.254 e. The number of carbonyl (C=O) groups excluding carboxylic acids is 1. The highest BCUT2D eigenvalue weighted by molar-refractivity contribution is 7.89. The van der Waals surface area contributed by atoms with Gasteiger partial charge >= 0.3 is 0 Å². The predicted molar refractivity (Wildman–Crippen MR) is 174 cm³/mol. The molecule has 0 spiro atoms. The number of ether oxygens (including phenoxy) is 1. The molecule has 2 aromatic carbocycles. The zero-order chi connectivity index (χ0) is 32.3. The number of likely N-dealkylation sites (tertiary alicyclic amines) is 1. The van der Waals surface area contributed by atoms with Gasteiger partial charge in [-0.1, -0.05) is 12.1 Å². The van der Waals surface area contributed by atoms with Crippen LogP contribution in [0.25, 0.3) is 44.8 Å². The van der Waals surface area contributed by atoms with E-state index in [1.54, 1.807) is 43.5 Å². The van der Waals surface area contributed by atoms with Crippen molar-refractivity contribution in [2.45, 2.75) is 42.9 Å². The van der Waals surface area contributed by atoms with Gasteiger partial charge in [-0.2, -0.15) is 0 Å². The monoisotopic (exact) mass is 645 g/mol. The second-order valence-corrected chi connectivity index (χ2v) is 14.2. The topological polar surface area (TPSA) is 137 Å². The van der Waals surface area contributed by atoms with E-state index in [2.05, 4.69) is 15.4 Å². The molecule has 0 unspecified atom stereocenters. The number of nitrogens with one attached hydrogen (secondary N) is 1. The molecule has 13 heteroatoms. The molecule has 240 valence electrons. The third-order valence-electron chi connectivity index (χ3n) is 8.96. The molecule has 46 heavy (non-hydrogen) atoms. The predicted octanol–water partition coefficient (Wildman–Crippen LogP) is 4.10. The van der Waals surface area contributed by atoms with Crippen LogP contribution in [0.5, 0.6) is 5.75 Å². The number of aryl methyl sites for hydroxylation is 1. The second-order valence-electron chi connectivity index (χ2n) is 12.3. The molecular formula is C33H36FN7O4S. The van der Waals surface area contributed by atoms with Gasteiger partial charge in [0.05, 0.1) is 35.5 Å². The Morgan fingerprint density at radius 2 is 1.85 bits per heavy atom. The third kappa shape index (κ3) is 5.41. The number of nitrogens with zero attached hydrogens (tertiary/aromatic N) is 5.